The zero-order valence-corrected chi connectivity index (χ0v) is 11.4. The molecule has 0 saturated carbocycles. The summed E-state index contributed by atoms with van der Waals surface area (Å²) in [5.41, 5.74) is 10.2. The number of nitrogens with two attached hydrogens (primary N) is 1. The average molecular weight is 303 g/mol. The van der Waals surface area contributed by atoms with Crippen LogP contribution in [0.2, 0.25) is 0 Å². The molecule has 2 N–H and O–H groups in total. The summed E-state index contributed by atoms with van der Waals surface area (Å²) < 4.78 is 6.67. The maximum Gasteiger partial charge on any atom is 0.227 e. The summed E-state index contributed by atoms with van der Waals surface area (Å²) in [4.78, 5) is 4.52. The molecule has 0 bridgehead atoms. The molecule has 0 aliphatic heterocycles. The van der Waals surface area contributed by atoms with Gasteiger partial charge in [0.05, 0.1) is 0 Å². The van der Waals surface area contributed by atoms with Gasteiger partial charge in [-0.05, 0) is 36.8 Å². The third kappa shape index (κ3) is 1.88. The molecule has 0 unspecified atom stereocenters. The lowest BCUT2D eigenvalue weighted by Gasteiger charge is -1.99. The second kappa shape index (κ2) is 4.14. The number of halogens is 1. The molecule has 3 nitrogen and oxygen atoms in total. The molecule has 0 atom stereocenters. The van der Waals surface area contributed by atoms with Gasteiger partial charge in [-0.1, -0.05) is 28.1 Å². The lowest BCUT2D eigenvalue weighted by atomic mass is 10.2. The normalized spacial score (nSPS) is 11.0. The summed E-state index contributed by atoms with van der Waals surface area (Å²) in [6.07, 6.45) is 0. The molecule has 1 aromatic heterocycles. The van der Waals surface area contributed by atoms with Crippen molar-refractivity contribution in [3.05, 3.63) is 46.4 Å². The third-order valence-electron chi connectivity index (χ3n) is 2.79. The Labute approximate surface area is 113 Å². The van der Waals surface area contributed by atoms with Crippen LogP contribution in [0.3, 0.4) is 0 Å². The van der Waals surface area contributed by atoms with Crippen molar-refractivity contribution < 1.29 is 4.42 Å². The molecule has 0 amide bonds. The number of anilines is 1. The van der Waals surface area contributed by atoms with E-state index in [2.05, 4.69) is 20.9 Å². The van der Waals surface area contributed by atoms with Crippen molar-refractivity contribution >= 4 is 32.7 Å². The number of hydrogen-bond acceptors (Lipinski definition) is 3. The van der Waals surface area contributed by atoms with E-state index in [1.54, 1.807) is 0 Å². The minimum atomic E-state index is 0.590. The van der Waals surface area contributed by atoms with Crippen LogP contribution in [0.25, 0.3) is 22.6 Å². The highest BCUT2D eigenvalue weighted by atomic mass is 79.9. The van der Waals surface area contributed by atoms with Gasteiger partial charge in [-0.25, -0.2) is 4.98 Å². The first-order valence-corrected chi connectivity index (χ1v) is 6.35. The van der Waals surface area contributed by atoms with Gasteiger partial charge in [-0.15, -0.1) is 0 Å². The van der Waals surface area contributed by atoms with E-state index >= 15 is 0 Å². The number of para-hydroxylation sites is 1. The van der Waals surface area contributed by atoms with Gasteiger partial charge in [0.1, 0.15) is 5.52 Å². The highest BCUT2D eigenvalue weighted by Crippen LogP contribution is 2.29. The number of oxazole rings is 1. The van der Waals surface area contributed by atoms with Crippen molar-refractivity contribution in [3.8, 4) is 11.5 Å². The smallest absolute Gasteiger partial charge is 0.227 e. The monoisotopic (exact) mass is 302 g/mol. The Morgan fingerprint density at radius 3 is 2.78 bits per heavy atom. The summed E-state index contributed by atoms with van der Waals surface area (Å²) in [6.45, 7) is 2.02. The SMILES string of the molecule is Cc1cccc2oc(-c3cc(N)cc(Br)c3)nc12. The van der Waals surface area contributed by atoms with Crippen LogP contribution in [0.15, 0.2) is 45.3 Å². The van der Waals surface area contributed by atoms with E-state index in [9.17, 15) is 0 Å². The third-order valence-corrected chi connectivity index (χ3v) is 3.25. The Bertz CT molecular complexity index is 713. The molecule has 4 heteroatoms. The zero-order chi connectivity index (χ0) is 12.7. The van der Waals surface area contributed by atoms with Crippen molar-refractivity contribution in [3.63, 3.8) is 0 Å². The van der Waals surface area contributed by atoms with Crippen LogP contribution in [0.5, 0.6) is 0 Å². The van der Waals surface area contributed by atoms with Gasteiger partial charge < -0.3 is 10.2 Å². The molecule has 0 radical (unpaired) electrons. The summed E-state index contributed by atoms with van der Waals surface area (Å²) in [5, 5.41) is 0. The van der Waals surface area contributed by atoms with Crippen LogP contribution in [0.1, 0.15) is 5.56 Å². The fraction of sp³-hybridized carbons (Fsp3) is 0.0714. The number of nitrogens with zero attached hydrogens (tertiary/aromatic N) is 1. The molecule has 0 aliphatic carbocycles. The molecule has 2 aromatic carbocycles. The van der Waals surface area contributed by atoms with Crippen LogP contribution < -0.4 is 5.73 Å². The Kier molecular flexibility index (Phi) is 2.59. The molecule has 1 heterocycles. The number of nitrogen functional groups attached to an aromatic ring is 1. The van der Waals surface area contributed by atoms with Crippen molar-refractivity contribution in [2.45, 2.75) is 6.92 Å². The second-order valence-electron chi connectivity index (χ2n) is 4.21. The van der Waals surface area contributed by atoms with E-state index in [1.807, 2.05) is 43.3 Å². The molecular formula is C14H11BrN2O. The Balaban J connectivity index is 2.22. The van der Waals surface area contributed by atoms with Gasteiger partial charge in [0.15, 0.2) is 5.58 Å². The maximum atomic E-state index is 5.82. The average Bonchev–Trinajstić information content (AvgIpc) is 2.73. The van der Waals surface area contributed by atoms with Gasteiger partial charge in [0, 0.05) is 15.7 Å². The maximum absolute atomic E-state index is 5.82. The van der Waals surface area contributed by atoms with E-state index in [1.165, 1.54) is 0 Å². The summed E-state index contributed by atoms with van der Waals surface area (Å²) in [6, 6.07) is 11.5. The largest absolute Gasteiger partial charge is 0.436 e. The summed E-state index contributed by atoms with van der Waals surface area (Å²) in [7, 11) is 0. The van der Waals surface area contributed by atoms with E-state index in [-0.39, 0.29) is 0 Å². The molecule has 3 rings (SSSR count). The molecule has 3 aromatic rings. The quantitative estimate of drug-likeness (QED) is 0.687. The van der Waals surface area contributed by atoms with Crippen LogP contribution in [0, 0.1) is 6.92 Å². The first-order valence-electron chi connectivity index (χ1n) is 5.56. The highest BCUT2D eigenvalue weighted by molar-refractivity contribution is 9.10. The van der Waals surface area contributed by atoms with E-state index < -0.39 is 0 Å². The second-order valence-corrected chi connectivity index (χ2v) is 5.13. The van der Waals surface area contributed by atoms with Crippen molar-refractivity contribution in [1.82, 2.24) is 4.98 Å². The van der Waals surface area contributed by atoms with Crippen molar-refractivity contribution in [2.75, 3.05) is 5.73 Å². The highest BCUT2D eigenvalue weighted by Gasteiger charge is 2.10. The Morgan fingerprint density at radius 1 is 1.22 bits per heavy atom. The van der Waals surface area contributed by atoms with Crippen molar-refractivity contribution in [2.24, 2.45) is 0 Å². The number of fused-ring (bicyclic) bond motifs is 1. The Morgan fingerprint density at radius 2 is 2.06 bits per heavy atom. The van der Waals surface area contributed by atoms with E-state index in [0.29, 0.717) is 11.6 Å². The fourth-order valence-corrected chi connectivity index (χ4v) is 2.46. The van der Waals surface area contributed by atoms with Gasteiger partial charge in [0.2, 0.25) is 5.89 Å². The minimum absolute atomic E-state index is 0.590. The Hall–Kier alpha value is -1.81. The standard InChI is InChI=1S/C14H11BrN2O/c1-8-3-2-4-12-13(8)17-14(18-12)9-5-10(15)7-11(16)6-9/h2-7H,16H2,1H3. The van der Waals surface area contributed by atoms with E-state index in [0.717, 1.165) is 26.7 Å². The molecule has 90 valence electrons. The number of aromatic nitrogens is 1. The first-order chi connectivity index (χ1) is 8.63. The lowest BCUT2D eigenvalue weighted by molar-refractivity contribution is 0.620. The van der Waals surface area contributed by atoms with E-state index in [4.69, 9.17) is 10.2 Å². The van der Waals surface area contributed by atoms with Gasteiger partial charge >= 0.3 is 0 Å². The van der Waals surface area contributed by atoms with Crippen LogP contribution in [-0.4, -0.2) is 4.98 Å². The van der Waals surface area contributed by atoms with Crippen molar-refractivity contribution in [1.29, 1.82) is 0 Å². The molecule has 0 spiro atoms. The van der Waals surface area contributed by atoms with Crippen LogP contribution >= 0.6 is 15.9 Å². The molecule has 0 aliphatic rings. The summed E-state index contributed by atoms with van der Waals surface area (Å²) in [5.74, 6) is 0.590. The van der Waals surface area contributed by atoms with Crippen LogP contribution in [-0.2, 0) is 0 Å². The predicted molar refractivity (Wildman–Crippen MR) is 76.3 cm³/mol. The van der Waals surface area contributed by atoms with Gasteiger partial charge in [-0.3, -0.25) is 0 Å². The molecule has 0 fully saturated rings. The predicted octanol–water partition coefficient (Wildman–Crippen LogP) is 4.15. The topological polar surface area (TPSA) is 52.0 Å². The molecule has 18 heavy (non-hydrogen) atoms. The number of aryl methyl sites for hydroxylation is 1. The lowest BCUT2D eigenvalue weighted by Crippen LogP contribution is -1.86. The fourth-order valence-electron chi connectivity index (χ4n) is 1.95. The molecular weight excluding hydrogens is 292 g/mol. The van der Waals surface area contributed by atoms with Gasteiger partial charge in [-0.2, -0.15) is 0 Å². The first kappa shape index (κ1) is 11.3. The number of rotatable bonds is 1. The molecule has 0 saturated heterocycles. The zero-order valence-electron chi connectivity index (χ0n) is 9.77. The minimum Gasteiger partial charge on any atom is -0.436 e. The number of hydrogen-bond donors (Lipinski definition) is 1. The van der Waals surface area contributed by atoms with Gasteiger partial charge in [0.25, 0.3) is 0 Å². The van der Waals surface area contributed by atoms with Crippen LogP contribution in [0.4, 0.5) is 5.69 Å². The summed E-state index contributed by atoms with van der Waals surface area (Å²) >= 11 is 3.42. The number of benzene rings is 2.